The fraction of sp³-hybridized carbons (Fsp3) is 0.0500. The molecule has 0 radical (unpaired) electrons. The Morgan fingerprint density at radius 2 is 1.77 bits per heavy atom. The molecule has 0 atom stereocenters. The number of halogens is 1. The van der Waals surface area contributed by atoms with Crippen molar-refractivity contribution in [1.29, 1.82) is 0 Å². The SMILES string of the molecule is O=C(OCc1nc(-c2cccs2)no1)c1nc(-c2cccs2)n(-c2ccc(F)cc2)n1. The first kappa shape index (κ1) is 19.3. The van der Waals surface area contributed by atoms with Crippen molar-refractivity contribution in [2.24, 2.45) is 0 Å². The van der Waals surface area contributed by atoms with Crippen molar-refractivity contribution in [3.8, 4) is 27.1 Å². The fourth-order valence-electron chi connectivity index (χ4n) is 2.74. The Morgan fingerprint density at radius 1 is 1.03 bits per heavy atom. The summed E-state index contributed by atoms with van der Waals surface area (Å²) in [6.07, 6.45) is 0. The van der Waals surface area contributed by atoms with Gasteiger partial charge in [-0.15, -0.1) is 27.8 Å². The molecule has 31 heavy (non-hydrogen) atoms. The lowest BCUT2D eigenvalue weighted by molar-refractivity contribution is 0.0415. The van der Waals surface area contributed by atoms with Crippen LogP contribution in [-0.2, 0) is 11.3 Å². The van der Waals surface area contributed by atoms with Crippen LogP contribution in [0.3, 0.4) is 0 Å². The Labute approximate surface area is 182 Å². The van der Waals surface area contributed by atoms with Gasteiger partial charge in [0.2, 0.25) is 5.82 Å². The minimum Gasteiger partial charge on any atom is -0.450 e. The van der Waals surface area contributed by atoms with Crippen LogP contribution in [0.15, 0.2) is 63.8 Å². The smallest absolute Gasteiger partial charge is 0.378 e. The molecule has 0 amide bonds. The summed E-state index contributed by atoms with van der Waals surface area (Å²) in [6.45, 7) is -0.212. The van der Waals surface area contributed by atoms with E-state index in [4.69, 9.17) is 9.26 Å². The molecular formula is C20H12FN5O3S2. The van der Waals surface area contributed by atoms with Crippen LogP contribution in [0.2, 0.25) is 0 Å². The summed E-state index contributed by atoms with van der Waals surface area (Å²) >= 11 is 2.92. The van der Waals surface area contributed by atoms with Gasteiger partial charge >= 0.3 is 5.97 Å². The minimum atomic E-state index is -0.741. The van der Waals surface area contributed by atoms with E-state index in [0.29, 0.717) is 17.3 Å². The molecule has 0 N–H and O–H groups in total. The Balaban J connectivity index is 1.38. The number of ether oxygens (including phenoxy) is 1. The van der Waals surface area contributed by atoms with Crippen molar-refractivity contribution >= 4 is 28.6 Å². The van der Waals surface area contributed by atoms with Crippen LogP contribution in [0.25, 0.3) is 27.1 Å². The van der Waals surface area contributed by atoms with Crippen molar-refractivity contribution < 1.29 is 18.4 Å². The highest BCUT2D eigenvalue weighted by molar-refractivity contribution is 7.13. The second-order valence-electron chi connectivity index (χ2n) is 6.19. The average molecular weight is 453 g/mol. The van der Waals surface area contributed by atoms with Crippen molar-refractivity contribution in [3.63, 3.8) is 0 Å². The summed E-state index contributed by atoms with van der Waals surface area (Å²) in [4.78, 5) is 22.8. The van der Waals surface area contributed by atoms with E-state index >= 15 is 0 Å². The predicted molar refractivity (Wildman–Crippen MR) is 111 cm³/mol. The topological polar surface area (TPSA) is 95.9 Å². The quantitative estimate of drug-likeness (QED) is 0.347. The lowest BCUT2D eigenvalue weighted by atomic mass is 10.3. The first-order chi connectivity index (χ1) is 15.2. The van der Waals surface area contributed by atoms with Gasteiger partial charge in [-0.25, -0.2) is 13.9 Å². The monoisotopic (exact) mass is 453 g/mol. The van der Waals surface area contributed by atoms with E-state index in [1.807, 2.05) is 35.0 Å². The molecule has 11 heteroatoms. The van der Waals surface area contributed by atoms with Gasteiger partial charge in [0.25, 0.3) is 11.7 Å². The molecule has 4 aromatic heterocycles. The van der Waals surface area contributed by atoms with Crippen molar-refractivity contribution in [2.45, 2.75) is 6.61 Å². The van der Waals surface area contributed by atoms with E-state index in [1.165, 1.54) is 39.5 Å². The number of esters is 1. The predicted octanol–water partition coefficient (Wildman–Crippen LogP) is 4.60. The summed E-state index contributed by atoms with van der Waals surface area (Å²) < 4.78 is 25.2. The maximum Gasteiger partial charge on any atom is 0.378 e. The third-order valence-electron chi connectivity index (χ3n) is 4.14. The molecule has 0 saturated carbocycles. The third kappa shape index (κ3) is 4.00. The zero-order valence-electron chi connectivity index (χ0n) is 15.6. The Morgan fingerprint density at radius 3 is 2.48 bits per heavy atom. The lowest BCUT2D eigenvalue weighted by Crippen LogP contribution is -2.08. The minimum absolute atomic E-state index is 0.134. The van der Waals surface area contributed by atoms with Gasteiger partial charge in [-0.05, 0) is 47.2 Å². The number of rotatable bonds is 6. The standard InChI is InChI=1S/C20H12FN5O3S2/c21-12-5-7-13(8-6-12)26-19(15-4-2-10-31-15)23-18(24-26)20(27)28-11-16-22-17(25-29-16)14-3-1-9-30-14/h1-10H,11H2. The largest absolute Gasteiger partial charge is 0.450 e. The number of aromatic nitrogens is 5. The summed E-state index contributed by atoms with van der Waals surface area (Å²) in [6, 6.07) is 13.2. The summed E-state index contributed by atoms with van der Waals surface area (Å²) in [5.74, 6) is -0.206. The maximum absolute atomic E-state index is 13.3. The highest BCUT2D eigenvalue weighted by atomic mass is 32.1. The van der Waals surface area contributed by atoms with Gasteiger partial charge < -0.3 is 9.26 Å². The normalized spacial score (nSPS) is 11.0. The summed E-state index contributed by atoms with van der Waals surface area (Å²) in [7, 11) is 0. The molecule has 0 bridgehead atoms. The van der Waals surface area contributed by atoms with E-state index < -0.39 is 5.97 Å². The van der Waals surface area contributed by atoms with Gasteiger partial charge in [-0.3, -0.25) is 0 Å². The number of carbonyl (C=O) groups is 1. The average Bonchev–Trinajstić information content (AvgIpc) is 3.58. The second-order valence-corrected chi connectivity index (χ2v) is 8.09. The van der Waals surface area contributed by atoms with Gasteiger partial charge in [0.05, 0.1) is 15.4 Å². The van der Waals surface area contributed by atoms with Gasteiger partial charge in [-0.1, -0.05) is 17.3 Å². The summed E-state index contributed by atoms with van der Waals surface area (Å²) in [5, 5.41) is 11.9. The van der Waals surface area contributed by atoms with Gasteiger partial charge in [-0.2, -0.15) is 9.97 Å². The van der Waals surface area contributed by atoms with E-state index in [2.05, 4.69) is 20.2 Å². The van der Waals surface area contributed by atoms with Crippen LogP contribution in [0.4, 0.5) is 4.39 Å². The van der Waals surface area contributed by atoms with Crippen LogP contribution in [0, 0.1) is 5.82 Å². The molecule has 154 valence electrons. The zero-order chi connectivity index (χ0) is 21.2. The van der Waals surface area contributed by atoms with E-state index in [9.17, 15) is 9.18 Å². The van der Waals surface area contributed by atoms with E-state index in [-0.39, 0.29) is 24.1 Å². The van der Waals surface area contributed by atoms with E-state index in [1.54, 1.807) is 12.1 Å². The number of benzene rings is 1. The second kappa shape index (κ2) is 8.20. The van der Waals surface area contributed by atoms with E-state index in [0.717, 1.165) is 9.75 Å². The Bertz CT molecular complexity index is 1310. The molecule has 0 fully saturated rings. The molecule has 0 unspecified atom stereocenters. The molecule has 5 rings (SSSR count). The molecule has 0 saturated heterocycles. The molecule has 4 heterocycles. The fourth-order valence-corrected chi connectivity index (χ4v) is 4.08. The number of carbonyl (C=O) groups excluding carboxylic acids is 1. The molecule has 0 aliphatic heterocycles. The first-order valence-electron chi connectivity index (χ1n) is 8.98. The molecule has 1 aromatic carbocycles. The number of nitrogens with zero attached hydrogens (tertiary/aromatic N) is 5. The Hall–Kier alpha value is -3.70. The van der Waals surface area contributed by atoms with Gasteiger partial charge in [0.15, 0.2) is 12.4 Å². The first-order valence-corrected chi connectivity index (χ1v) is 10.7. The van der Waals surface area contributed by atoms with Crippen molar-refractivity contribution in [3.05, 3.63) is 76.8 Å². The highest BCUT2D eigenvalue weighted by Crippen LogP contribution is 2.26. The molecule has 5 aromatic rings. The number of hydrogen-bond donors (Lipinski definition) is 0. The molecule has 8 nitrogen and oxygen atoms in total. The molecule has 0 spiro atoms. The van der Waals surface area contributed by atoms with Gasteiger partial charge in [0, 0.05) is 0 Å². The Kier molecular flexibility index (Phi) is 5.10. The zero-order valence-corrected chi connectivity index (χ0v) is 17.3. The highest BCUT2D eigenvalue weighted by Gasteiger charge is 2.21. The van der Waals surface area contributed by atoms with Crippen molar-refractivity contribution in [2.75, 3.05) is 0 Å². The number of thiophene rings is 2. The summed E-state index contributed by atoms with van der Waals surface area (Å²) in [5.41, 5.74) is 0.564. The lowest BCUT2D eigenvalue weighted by Gasteiger charge is -2.03. The van der Waals surface area contributed by atoms with Crippen LogP contribution in [0.1, 0.15) is 16.5 Å². The maximum atomic E-state index is 13.3. The molecular weight excluding hydrogens is 441 g/mol. The molecule has 0 aliphatic carbocycles. The number of hydrogen-bond acceptors (Lipinski definition) is 9. The van der Waals surface area contributed by atoms with Crippen molar-refractivity contribution in [1.82, 2.24) is 24.9 Å². The van der Waals surface area contributed by atoms with Crippen LogP contribution in [-0.4, -0.2) is 30.9 Å². The van der Waals surface area contributed by atoms with Crippen LogP contribution >= 0.6 is 22.7 Å². The molecule has 0 aliphatic rings. The third-order valence-corrected chi connectivity index (χ3v) is 5.87. The van der Waals surface area contributed by atoms with Crippen LogP contribution in [0.5, 0.6) is 0 Å². The van der Waals surface area contributed by atoms with Crippen LogP contribution < -0.4 is 0 Å². The van der Waals surface area contributed by atoms with Gasteiger partial charge in [0.1, 0.15) is 5.82 Å².